The number of pyridine rings is 1. The van der Waals surface area contributed by atoms with Gasteiger partial charge < -0.3 is 0 Å². The van der Waals surface area contributed by atoms with Crippen molar-refractivity contribution in [2.75, 3.05) is 0 Å². The SMILES string of the molecule is c1ccc(-c2cnn(-c3ccc(C4CCCCC4)cc3)c2)nc1. The zero-order valence-electron chi connectivity index (χ0n) is 13.2. The van der Waals surface area contributed by atoms with Crippen LogP contribution in [-0.4, -0.2) is 14.8 Å². The highest BCUT2D eigenvalue weighted by molar-refractivity contribution is 5.57. The van der Waals surface area contributed by atoms with Crippen LogP contribution in [0.25, 0.3) is 16.9 Å². The van der Waals surface area contributed by atoms with Gasteiger partial charge in [-0.2, -0.15) is 5.10 Å². The summed E-state index contributed by atoms with van der Waals surface area (Å²) in [6.07, 6.45) is 12.5. The third-order valence-electron chi connectivity index (χ3n) is 4.78. The molecule has 1 aromatic carbocycles. The molecule has 1 aliphatic carbocycles. The van der Waals surface area contributed by atoms with Crippen LogP contribution in [0.4, 0.5) is 0 Å². The largest absolute Gasteiger partial charge is 0.256 e. The van der Waals surface area contributed by atoms with Crippen molar-refractivity contribution in [1.82, 2.24) is 14.8 Å². The van der Waals surface area contributed by atoms with Gasteiger partial charge in [0.05, 0.1) is 17.6 Å². The van der Waals surface area contributed by atoms with Gasteiger partial charge >= 0.3 is 0 Å². The molecule has 2 heterocycles. The number of hydrogen-bond acceptors (Lipinski definition) is 2. The van der Waals surface area contributed by atoms with Gasteiger partial charge in [0.25, 0.3) is 0 Å². The molecule has 1 aliphatic rings. The zero-order valence-corrected chi connectivity index (χ0v) is 13.2. The van der Waals surface area contributed by atoms with E-state index in [1.54, 1.807) is 0 Å². The standard InChI is InChI=1S/C20H21N3/c1-2-6-16(7-3-1)17-9-11-19(12-10-17)23-15-18(14-22-23)20-8-4-5-13-21-20/h4-5,8-16H,1-3,6-7H2. The molecule has 116 valence electrons. The van der Waals surface area contributed by atoms with Crippen LogP contribution in [0, 0.1) is 0 Å². The monoisotopic (exact) mass is 303 g/mol. The molecule has 0 amide bonds. The highest BCUT2D eigenvalue weighted by Gasteiger charge is 2.15. The van der Waals surface area contributed by atoms with E-state index < -0.39 is 0 Å². The molecule has 0 radical (unpaired) electrons. The predicted octanol–water partition coefficient (Wildman–Crippen LogP) is 4.98. The Kier molecular flexibility index (Phi) is 3.93. The smallest absolute Gasteiger partial charge is 0.0733 e. The Bertz CT molecular complexity index is 753. The van der Waals surface area contributed by atoms with E-state index in [1.807, 2.05) is 41.5 Å². The van der Waals surface area contributed by atoms with Gasteiger partial charge in [0.15, 0.2) is 0 Å². The maximum absolute atomic E-state index is 4.48. The topological polar surface area (TPSA) is 30.7 Å². The molecule has 0 unspecified atom stereocenters. The van der Waals surface area contributed by atoms with Crippen molar-refractivity contribution in [3.05, 3.63) is 66.6 Å². The van der Waals surface area contributed by atoms with E-state index in [2.05, 4.69) is 34.3 Å². The van der Waals surface area contributed by atoms with Crippen LogP contribution < -0.4 is 0 Å². The first-order valence-corrected chi connectivity index (χ1v) is 8.46. The van der Waals surface area contributed by atoms with Crippen LogP contribution in [0.1, 0.15) is 43.6 Å². The van der Waals surface area contributed by atoms with E-state index in [0.29, 0.717) is 0 Å². The molecule has 3 aromatic rings. The lowest BCUT2D eigenvalue weighted by Gasteiger charge is -2.22. The number of rotatable bonds is 3. The van der Waals surface area contributed by atoms with Crippen molar-refractivity contribution >= 4 is 0 Å². The second kappa shape index (κ2) is 6.37. The van der Waals surface area contributed by atoms with Gasteiger partial charge in [-0.1, -0.05) is 37.5 Å². The number of nitrogens with zero attached hydrogens (tertiary/aromatic N) is 3. The molecule has 0 spiro atoms. The summed E-state index contributed by atoms with van der Waals surface area (Å²) in [5.74, 6) is 0.750. The highest BCUT2D eigenvalue weighted by atomic mass is 15.3. The van der Waals surface area contributed by atoms with Crippen molar-refractivity contribution in [1.29, 1.82) is 0 Å². The van der Waals surface area contributed by atoms with Crippen LogP contribution >= 0.6 is 0 Å². The molecule has 0 atom stereocenters. The quantitative estimate of drug-likeness (QED) is 0.683. The van der Waals surface area contributed by atoms with Gasteiger partial charge in [0, 0.05) is 18.0 Å². The molecule has 0 bridgehead atoms. The van der Waals surface area contributed by atoms with E-state index in [9.17, 15) is 0 Å². The van der Waals surface area contributed by atoms with Crippen LogP contribution in [0.5, 0.6) is 0 Å². The molecule has 1 fully saturated rings. The summed E-state index contributed by atoms with van der Waals surface area (Å²) >= 11 is 0. The molecule has 1 saturated carbocycles. The summed E-state index contributed by atoms with van der Waals surface area (Å²) < 4.78 is 1.93. The lowest BCUT2D eigenvalue weighted by molar-refractivity contribution is 0.443. The summed E-state index contributed by atoms with van der Waals surface area (Å²) in [5.41, 5.74) is 4.58. The fourth-order valence-corrected chi connectivity index (χ4v) is 3.46. The van der Waals surface area contributed by atoms with Gasteiger partial charge in [0.2, 0.25) is 0 Å². The van der Waals surface area contributed by atoms with E-state index >= 15 is 0 Å². The minimum absolute atomic E-state index is 0.750. The molecule has 0 aliphatic heterocycles. The molecule has 4 rings (SSSR count). The van der Waals surface area contributed by atoms with E-state index in [0.717, 1.165) is 22.9 Å². The van der Waals surface area contributed by atoms with E-state index in [-0.39, 0.29) is 0 Å². The van der Waals surface area contributed by atoms with Crippen molar-refractivity contribution in [2.24, 2.45) is 0 Å². The number of hydrogen-bond donors (Lipinski definition) is 0. The average Bonchev–Trinajstić information content (AvgIpc) is 3.14. The number of benzene rings is 1. The second-order valence-electron chi connectivity index (χ2n) is 6.32. The van der Waals surface area contributed by atoms with Crippen LogP contribution in [-0.2, 0) is 0 Å². The normalized spacial score (nSPS) is 15.7. The zero-order chi connectivity index (χ0) is 15.5. The summed E-state index contributed by atoms with van der Waals surface area (Å²) in [4.78, 5) is 4.38. The average molecular weight is 303 g/mol. The first-order valence-electron chi connectivity index (χ1n) is 8.46. The van der Waals surface area contributed by atoms with Gasteiger partial charge in [-0.15, -0.1) is 0 Å². The molecule has 3 nitrogen and oxygen atoms in total. The van der Waals surface area contributed by atoms with Gasteiger partial charge in [-0.25, -0.2) is 4.68 Å². The van der Waals surface area contributed by atoms with Crippen molar-refractivity contribution in [3.8, 4) is 16.9 Å². The minimum Gasteiger partial charge on any atom is -0.256 e. The lowest BCUT2D eigenvalue weighted by Crippen LogP contribution is -2.04. The minimum atomic E-state index is 0.750. The fourth-order valence-electron chi connectivity index (χ4n) is 3.46. The van der Waals surface area contributed by atoms with Gasteiger partial charge in [-0.05, 0) is 48.6 Å². The third kappa shape index (κ3) is 3.04. The summed E-state index contributed by atoms with van der Waals surface area (Å²) in [5, 5.41) is 4.48. The lowest BCUT2D eigenvalue weighted by atomic mass is 9.84. The van der Waals surface area contributed by atoms with Gasteiger partial charge in [0.1, 0.15) is 0 Å². The molecule has 0 N–H and O–H groups in total. The summed E-state index contributed by atoms with van der Waals surface area (Å²) in [7, 11) is 0. The summed E-state index contributed by atoms with van der Waals surface area (Å²) in [6.45, 7) is 0. The Morgan fingerprint density at radius 3 is 2.48 bits per heavy atom. The first kappa shape index (κ1) is 14.2. The first-order chi connectivity index (χ1) is 11.4. The van der Waals surface area contributed by atoms with Crippen LogP contribution in [0.3, 0.4) is 0 Å². The van der Waals surface area contributed by atoms with Crippen molar-refractivity contribution < 1.29 is 0 Å². The fraction of sp³-hybridized carbons (Fsp3) is 0.300. The molecule has 2 aromatic heterocycles. The van der Waals surface area contributed by atoms with Gasteiger partial charge in [-0.3, -0.25) is 4.98 Å². The maximum atomic E-state index is 4.48. The Hall–Kier alpha value is -2.42. The molecule has 3 heteroatoms. The Morgan fingerprint density at radius 1 is 0.913 bits per heavy atom. The third-order valence-corrected chi connectivity index (χ3v) is 4.78. The van der Waals surface area contributed by atoms with E-state index in [4.69, 9.17) is 0 Å². The highest BCUT2D eigenvalue weighted by Crippen LogP contribution is 2.32. The second-order valence-corrected chi connectivity index (χ2v) is 6.32. The number of aromatic nitrogens is 3. The van der Waals surface area contributed by atoms with Crippen LogP contribution in [0.2, 0.25) is 0 Å². The predicted molar refractivity (Wildman–Crippen MR) is 92.6 cm³/mol. The van der Waals surface area contributed by atoms with Crippen LogP contribution in [0.15, 0.2) is 61.1 Å². The van der Waals surface area contributed by atoms with Crippen molar-refractivity contribution in [2.45, 2.75) is 38.0 Å². The van der Waals surface area contributed by atoms with Crippen molar-refractivity contribution in [3.63, 3.8) is 0 Å². The Balaban J connectivity index is 1.55. The molecule has 23 heavy (non-hydrogen) atoms. The Labute approximate surface area is 137 Å². The molecular formula is C20H21N3. The molecular weight excluding hydrogens is 282 g/mol. The molecule has 0 saturated heterocycles. The van der Waals surface area contributed by atoms with E-state index in [1.165, 1.54) is 37.7 Å². The Morgan fingerprint density at radius 2 is 1.74 bits per heavy atom. The maximum Gasteiger partial charge on any atom is 0.0733 e. The summed E-state index contributed by atoms with van der Waals surface area (Å²) in [6, 6.07) is 14.8.